The van der Waals surface area contributed by atoms with Crippen LogP contribution in [-0.4, -0.2) is 46.4 Å². The Balaban J connectivity index is 1.52. The number of hydrogen-bond acceptors (Lipinski definition) is 5. The van der Waals surface area contributed by atoms with Crippen molar-refractivity contribution >= 4 is 17.5 Å². The molecule has 3 rings (SSSR count). The zero-order valence-electron chi connectivity index (χ0n) is 15.3. The van der Waals surface area contributed by atoms with E-state index in [-0.39, 0.29) is 18.2 Å². The maximum atomic E-state index is 12.2. The van der Waals surface area contributed by atoms with Gasteiger partial charge < -0.3 is 18.8 Å². The van der Waals surface area contributed by atoms with Gasteiger partial charge in [0.25, 0.3) is 5.91 Å². The number of fused-ring (bicyclic) bond motifs is 1. The van der Waals surface area contributed by atoms with Crippen LogP contribution < -0.4 is 4.74 Å². The molecule has 0 atom stereocenters. The van der Waals surface area contributed by atoms with Crippen LogP contribution in [0.2, 0.25) is 0 Å². The number of pyridine rings is 1. The smallest absolute Gasteiger partial charge is 0.359 e. The van der Waals surface area contributed by atoms with Gasteiger partial charge >= 0.3 is 5.97 Å². The Labute approximate surface area is 157 Å². The third kappa shape index (κ3) is 4.63. The summed E-state index contributed by atoms with van der Waals surface area (Å²) in [7, 11) is 1.66. The average Bonchev–Trinajstić information content (AvgIpc) is 3.12. The van der Waals surface area contributed by atoms with Crippen LogP contribution in [0.3, 0.4) is 0 Å². The number of nitrogens with zero attached hydrogens (tertiary/aromatic N) is 3. The van der Waals surface area contributed by atoms with Gasteiger partial charge in [-0.25, -0.2) is 9.78 Å². The fourth-order valence-electron chi connectivity index (χ4n) is 2.56. The molecule has 7 nitrogen and oxygen atoms in total. The number of likely N-dealkylation sites (N-methyl/N-ethyl adjacent to an activating group) is 1. The number of ether oxygens (including phenoxy) is 2. The van der Waals surface area contributed by atoms with E-state index < -0.39 is 5.97 Å². The number of amides is 1. The van der Waals surface area contributed by atoms with Gasteiger partial charge in [0.1, 0.15) is 11.4 Å². The van der Waals surface area contributed by atoms with Gasteiger partial charge in [0.05, 0.1) is 6.61 Å². The van der Waals surface area contributed by atoms with E-state index in [1.54, 1.807) is 29.9 Å². The normalized spacial score (nSPS) is 10.6. The quantitative estimate of drug-likeness (QED) is 0.600. The second-order valence-electron chi connectivity index (χ2n) is 6.00. The highest BCUT2D eigenvalue weighted by Crippen LogP contribution is 2.13. The molecule has 0 spiro atoms. The van der Waals surface area contributed by atoms with Crippen LogP contribution in [0.25, 0.3) is 5.65 Å². The van der Waals surface area contributed by atoms with Crippen LogP contribution in [-0.2, 0) is 16.1 Å². The van der Waals surface area contributed by atoms with Crippen molar-refractivity contribution in [2.75, 3.05) is 20.3 Å². The van der Waals surface area contributed by atoms with Crippen LogP contribution in [0.15, 0.2) is 54.9 Å². The number of carbonyl (C=O) groups is 2. The van der Waals surface area contributed by atoms with E-state index in [0.717, 1.165) is 11.3 Å². The van der Waals surface area contributed by atoms with Gasteiger partial charge in [-0.3, -0.25) is 4.79 Å². The summed E-state index contributed by atoms with van der Waals surface area (Å²) in [4.78, 5) is 30.0. The minimum atomic E-state index is -0.624. The van der Waals surface area contributed by atoms with Crippen LogP contribution in [0.1, 0.15) is 23.0 Å². The Kier molecular flexibility index (Phi) is 5.71. The zero-order valence-corrected chi connectivity index (χ0v) is 15.3. The summed E-state index contributed by atoms with van der Waals surface area (Å²) in [5.74, 6) is -0.126. The minimum Gasteiger partial charge on any atom is -0.494 e. The van der Waals surface area contributed by atoms with Crippen molar-refractivity contribution in [1.29, 1.82) is 0 Å². The molecular weight excluding hydrogens is 346 g/mol. The summed E-state index contributed by atoms with van der Waals surface area (Å²) in [6.07, 6.45) is 3.36. The molecule has 140 valence electrons. The third-order valence-electron chi connectivity index (χ3n) is 3.98. The molecule has 0 unspecified atom stereocenters. The number of imidazole rings is 1. The van der Waals surface area contributed by atoms with E-state index in [1.807, 2.05) is 43.3 Å². The Morgan fingerprint density at radius 2 is 1.93 bits per heavy atom. The van der Waals surface area contributed by atoms with E-state index >= 15 is 0 Å². The van der Waals surface area contributed by atoms with Crippen molar-refractivity contribution in [2.24, 2.45) is 0 Å². The second kappa shape index (κ2) is 8.35. The molecule has 2 heterocycles. The standard InChI is InChI=1S/C20H21N3O4/c1-3-26-16-9-7-15(8-10-16)12-22(2)19(24)14-27-20(25)17-13-23-11-5-4-6-18(23)21-17/h4-11,13H,3,12,14H2,1-2H3. The fourth-order valence-corrected chi connectivity index (χ4v) is 2.56. The van der Waals surface area contributed by atoms with Crippen molar-refractivity contribution in [1.82, 2.24) is 14.3 Å². The van der Waals surface area contributed by atoms with E-state index in [4.69, 9.17) is 9.47 Å². The molecule has 1 aromatic carbocycles. The lowest BCUT2D eigenvalue weighted by molar-refractivity contribution is -0.133. The molecule has 0 saturated carbocycles. The number of hydrogen-bond donors (Lipinski definition) is 0. The molecule has 0 radical (unpaired) electrons. The van der Waals surface area contributed by atoms with Gasteiger partial charge in [-0.05, 0) is 36.8 Å². The highest BCUT2D eigenvalue weighted by Gasteiger charge is 2.16. The van der Waals surface area contributed by atoms with Gasteiger partial charge in [0, 0.05) is 26.0 Å². The topological polar surface area (TPSA) is 73.1 Å². The van der Waals surface area contributed by atoms with Gasteiger partial charge in [0.15, 0.2) is 12.3 Å². The Hall–Kier alpha value is -3.35. The lowest BCUT2D eigenvalue weighted by Gasteiger charge is -2.17. The van der Waals surface area contributed by atoms with Gasteiger partial charge in [0.2, 0.25) is 0 Å². The van der Waals surface area contributed by atoms with Gasteiger partial charge in [-0.1, -0.05) is 18.2 Å². The molecule has 0 aliphatic rings. The SMILES string of the molecule is CCOc1ccc(CN(C)C(=O)COC(=O)c2cn3ccccc3n2)cc1. The van der Waals surface area contributed by atoms with Gasteiger partial charge in [-0.15, -0.1) is 0 Å². The Bertz CT molecular complexity index is 901. The molecule has 0 saturated heterocycles. The minimum absolute atomic E-state index is 0.170. The first kappa shape index (κ1) is 18.4. The first-order valence-corrected chi connectivity index (χ1v) is 8.63. The second-order valence-corrected chi connectivity index (χ2v) is 6.00. The van der Waals surface area contributed by atoms with Crippen molar-refractivity contribution in [3.8, 4) is 5.75 Å². The molecule has 0 aliphatic heterocycles. The molecule has 0 fully saturated rings. The molecule has 0 bridgehead atoms. The Morgan fingerprint density at radius 1 is 1.15 bits per heavy atom. The lowest BCUT2D eigenvalue weighted by atomic mass is 10.2. The number of benzene rings is 1. The summed E-state index contributed by atoms with van der Waals surface area (Å²) in [5, 5.41) is 0. The predicted octanol–water partition coefficient (Wildman–Crippen LogP) is 2.55. The van der Waals surface area contributed by atoms with Crippen LogP contribution >= 0.6 is 0 Å². The van der Waals surface area contributed by atoms with Crippen LogP contribution in [0.5, 0.6) is 5.75 Å². The highest BCUT2D eigenvalue weighted by molar-refractivity contribution is 5.90. The summed E-state index contributed by atoms with van der Waals surface area (Å²) in [5.41, 5.74) is 1.77. The van der Waals surface area contributed by atoms with E-state index in [0.29, 0.717) is 18.8 Å². The van der Waals surface area contributed by atoms with E-state index in [2.05, 4.69) is 4.98 Å². The number of aromatic nitrogens is 2. The van der Waals surface area contributed by atoms with E-state index in [1.165, 1.54) is 4.90 Å². The third-order valence-corrected chi connectivity index (χ3v) is 3.98. The van der Waals surface area contributed by atoms with Crippen molar-refractivity contribution in [3.05, 3.63) is 66.1 Å². The van der Waals surface area contributed by atoms with Crippen molar-refractivity contribution in [2.45, 2.75) is 13.5 Å². The molecule has 0 aliphatic carbocycles. The number of esters is 1. The summed E-state index contributed by atoms with van der Waals surface area (Å²) < 4.78 is 12.2. The molecular formula is C20H21N3O4. The van der Waals surface area contributed by atoms with Gasteiger partial charge in [-0.2, -0.15) is 0 Å². The summed E-state index contributed by atoms with van der Waals surface area (Å²) >= 11 is 0. The fraction of sp³-hybridized carbons (Fsp3) is 0.250. The Morgan fingerprint density at radius 3 is 2.63 bits per heavy atom. The largest absolute Gasteiger partial charge is 0.494 e. The highest BCUT2D eigenvalue weighted by atomic mass is 16.5. The molecule has 7 heteroatoms. The summed E-state index contributed by atoms with van der Waals surface area (Å²) in [6, 6.07) is 13.0. The monoisotopic (exact) mass is 367 g/mol. The number of carbonyl (C=O) groups excluding carboxylic acids is 2. The predicted molar refractivity (Wildman–Crippen MR) is 99.6 cm³/mol. The molecule has 3 aromatic rings. The lowest BCUT2D eigenvalue weighted by Crippen LogP contribution is -2.30. The first-order valence-electron chi connectivity index (χ1n) is 8.63. The molecule has 27 heavy (non-hydrogen) atoms. The first-order chi connectivity index (χ1) is 13.1. The number of rotatable bonds is 7. The molecule has 1 amide bonds. The van der Waals surface area contributed by atoms with Crippen molar-refractivity contribution < 1.29 is 19.1 Å². The zero-order chi connectivity index (χ0) is 19.2. The maximum absolute atomic E-state index is 12.2. The van der Waals surface area contributed by atoms with E-state index in [9.17, 15) is 9.59 Å². The molecule has 2 aromatic heterocycles. The average molecular weight is 367 g/mol. The van der Waals surface area contributed by atoms with Crippen LogP contribution in [0.4, 0.5) is 0 Å². The molecule has 0 N–H and O–H groups in total. The van der Waals surface area contributed by atoms with Crippen LogP contribution in [0, 0.1) is 0 Å². The summed E-state index contributed by atoms with van der Waals surface area (Å²) in [6.45, 7) is 2.61. The maximum Gasteiger partial charge on any atom is 0.359 e. The van der Waals surface area contributed by atoms with Crippen molar-refractivity contribution in [3.63, 3.8) is 0 Å².